The van der Waals surface area contributed by atoms with Crippen molar-refractivity contribution in [2.45, 2.75) is 51.4 Å². The fourth-order valence-electron chi connectivity index (χ4n) is 9.30. The molecule has 0 bridgehead atoms. The summed E-state index contributed by atoms with van der Waals surface area (Å²) in [5.41, 5.74) is 20.9. The van der Waals surface area contributed by atoms with E-state index < -0.39 is 0 Å². The summed E-state index contributed by atoms with van der Waals surface area (Å²) in [7, 11) is 0. The fourth-order valence-corrected chi connectivity index (χ4v) is 9.30. The number of aromatic amines is 1. The topological polar surface area (TPSA) is 67.3 Å². The number of H-pyrrole nitrogens is 1. The van der Waals surface area contributed by atoms with Gasteiger partial charge in [0.25, 0.3) is 0 Å². The molecule has 3 heterocycles. The maximum absolute atomic E-state index is 4.93. The molecule has 0 saturated heterocycles. The summed E-state index contributed by atoms with van der Waals surface area (Å²) in [6, 6.07) is 26.7. The van der Waals surface area contributed by atoms with E-state index in [-0.39, 0.29) is 5.41 Å². The lowest BCUT2D eigenvalue weighted by atomic mass is 9.81. The number of aromatic nitrogens is 5. The number of rotatable bonds is 4. The quantitative estimate of drug-likeness (QED) is 0.200. The molecule has 0 unspecified atom stereocenters. The van der Waals surface area contributed by atoms with Crippen molar-refractivity contribution in [2.24, 2.45) is 0 Å². The summed E-state index contributed by atoms with van der Waals surface area (Å²) in [5, 5.41) is 1.27. The second kappa shape index (κ2) is 11.4. The van der Waals surface area contributed by atoms with Crippen LogP contribution in [0, 0.1) is 0 Å². The van der Waals surface area contributed by atoms with Crippen LogP contribution in [0.25, 0.3) is 78.7 Å². The van der Waals surface area contributed by atoms with Crippen LogP contribution in [0.5, 0.6) is 0 Å². The summed E-state index contributed by atoms with van der Waals surface area (Å²) in [6.45, 7) is 4.66. The third-order valence-corrected chi connectivity index (χ3v) is 12.1. The number of fused-ring (bicyclic) bond motifs is 8. The Kier molecular flexibility index (Phi) is 6.54. The number of hydrogen-bond donors (Lipinski definition) is 1. The van der Waals surface area contributed by atoms with E-state index in [1.165, 1.54) is 61.2 Å². The van der Waals surface area contributed by atoms with Gasteiger partial charge in [-0.05, 0) is 118 Å². The lowest BCUT2D eigenvalue weighted by Gasteiger charge is -2.22. The summed E-state index contributed by atoms with van der Waals surface area (Å²) in [6.07, 6.45) is 22.3. The Labute approximate surface area is 309 Å². The molecule has 4 aromatic carbocycles. The summed E-state index contributed by atoms with van der Waals surface area (Å²) < 4.78 is 0. The first kappa shape index (κ1) is 30.4. The van der Waals surface area contributed by atoms with Crippen molar-refractivity contribution in [1.82, 2.24) is 24.9 Å². The molecule has 0 radical (unpaired) electrons. The van der Waals surface area contributed by atoms with Crippen LogP contribution in [0.3, 0.4) is 0 Å². The smallest absolute Gasteiger partial charge is 0.161 e. The van der Waals surface area contributed by atoms with Crippen LogP contribution in [0.1, 0.15) is 66.6 Å². The van der Waals surface area contributed by atoms with E-state index >= 15 is 0 Å². The Hall–Kier alpha value is -6.20. The van der Waals surface area contributed by atoms with Crippen molar-refractivity contribution in [3.05, 3.63) is 155 Å². The first-order valence-electron chi connectivity index (χ1n) is 18.8. The Bertz CT molecular complexity index is 2760. The largest absolute Gasteiger partial charge is 0.354 e. The molecule has 0 amide bonds. The molecule has 0 saturated carbocycles. The molecule has 0 spiro atoms. The Morgan fingerprint density at radius 3 is 1.89 bits per heavy atom. The molecule has 11 rings (SSSR count). The molecule has 53 heavy (non-hydrogen) atoms. The first-order valence-corrected chi connectivity index (χ1v) is 18.8. The van der Waals surface area contributed by atoms with Gasteiger partial charge in [-0.3, -0.25) is 0 Å². The van der Waals surface area contributed by atoms with E-state index in [1.54, 1.807) is 0 Å². The summed E-state index contributed by atoms with van der Waals surface area (Å²) in [5.74, 6) is 1.53. The average Bonchev–Trinajstić information content (AvgIpc) is 3.86. The lowest BCUT2D eigenvalue weighted by molar-refractivity contribution is 0.661. The number of nitrogens with one attached hydrogen (secondary N) is 1. The normalized spacial score (nSPS) is 16.0. The van der Waals surface area contributed by atoms with Gasteiger partial charge in [0.05, 0.1) is 5.52 Å². The molecule has 5 heteroatoms. The van der Waals surface area contributed by atoms with Crippen molar-refractivity contribution in [1.29, 1.82) is 0 Å². The van der Waals surface area contributed by atoms with Crippen molar-refractivity contribution in [2.75, 3.05) is 0 Å². The Morgan fingerprint density at radius 1 is 0.566 bits per heavy atom. The van der Waals surface area contributed by atoms with E-state index in [1.807, 2.05) is 24.8 Å². The molecule has 0 aliphatic heterocycles. The minimum Gasteiger partial charge on any atom is -0.354 e. The van der Waals surface area contributed by atoms with Crippen LogP contribution < -0.4 is 0 Å². The highest BCUT2D eigenvalue weighted by molar-refractivity contribution is 5.97. The van der Waals surface area contributed by atoms with E-state index in [0.29, 0.717) is 0 Å². The number of hydrogen-bond acceptors (Lipinski definition) is 4. The molecule has 0 atom stereocenters. The van der Waals surface area contributed by atoms with Gasteiger partial charge in [-0.15, -0.1) is 0 Å². The molecule has 0 fully saturated rings. The van der Waals surface area contributed by atoms with Gasteiger partial charge in [-0.1, -0.05) is 86.7 Å². The molecule has 7 aromatic rings. The number of allylic oxidation sites excluding steroid dienone is 5. The lowest BCUT2D eigenvalue weighted by Crippen LogP contribution is -2.15. The van der Waals surface area contributed by atoms with Gasteiger partial charge in [-0.2, -0.15) is 0 Å². The highest BCUT2D eigenvalue weighted by Gasteiger charge is 2.36. The van der Waals surface area contributed by atoms with Crippen molar-refractivity contribution < 1.29 is 0 Å². The van der Waals surface area contributed by atoms with Gasteiger partial charge in [0.15, 0.2) is 11.6 Å². The van der Waals surface area contributed by atoms with Gasteiger partial charge in [-0.25, -0.2) is 19.9 Å². The van der Waals surface area contributed by atoms with Crippen LogP contribution in [0.15, 0.2) is 121 Å². The minimum atomic E-state index is -0.180. The van der Waals surface area contributed by atoms with E-state index in [9.17, 15) is 0 Å². The SMILES string of the molecule is CC1(C)c2cc(-c3cnc(-c4cccc5c4CC4=C5CCC=C4)nc3)ccc2-c2ccc(-c3cnc(-c4cccc5c6c([nH]c45)C=CCC6)nc3)cc21. The molecule has 4 aliphatic rings. The van der Waals surface area contributed by atoms with Crippen LogP contribution in [0.2, 0.25) is 0 Å². The number of nitrogens with zero attached hydrogens (tertiary/aromatic N) is 4. The second-order valence-electron chi connectivity index (χ2n) is 15.4. The molecule has 4 aliphatic carbocycles. The van der Waals surface area contributed by atoms with Gasteiger partial charge in [0.1, 0.15) is 0 Å². The van der Waals surface area contributed by atoms with E-state index in [0.717, 1.165) is 82.7 Å². The molecular formula is C48H37N5. The summed E-state index contributed by atoms with van der Waals surface area (Å²) >= 11 is 0. The Balaban J connectivity index is 0.876. The van der Waals surface area contributed by atoms with E-state index in [4.69, 9.17) is 19.9 Å². The molecule has 5 nitrogen and oxygen atoms in total. The highest BCUT2D eigenvalue weighted by Crippen LogP contribution is 2.51. The molecule has 254 valence electrons. The maximum atomic E-state index is 4.93. The zero-order valence-electron chi connectivity index (χ0n) is 29.9. The predicted octanol–water partition coefficient (Wildman–Crippen LogP) is 11.3. The predicted molar refractivity (Wildman–Crippen MR) is 215 cm³/mol. The maximum Gasteiger partial charge on any atom is 0.161 e. The van der Waals surface area contributed by atoms with Gasteiger partial charge in [0, 0.05) is 63.5 Å². The standard InChI is InChI=1S/C48H37N5/c1-48(2)42-22-28(31-24-49-46(50-25-31)39-14-7-12-34-33-10-4-3-9-30(33)21-41(34)39)17-19-35(42)36-20-18-29(23-43(36)48)32-26-51-47(52-27-32)40-15-8-13-38-37-11-5-6-16-44(37)53-45(38)40/h3,6-9,12-20,22-27,53H,4-5,10-11,21H2,1-2H3. The Morgan fingerprint density at radius 2 is 1.17 bits per heavy atom. The zero-order valence-corrected chi connectivity index (χ0v) is 29.9. The van der Waals surface area contributed by atoms with E-state index in [2.05, 4.69) is 116 Å². The third kappa shape index (κ3) is 4.63. The van der Waals surface area contributed by atoms with Gasteiger partial charge < -0.3 is 4.98 Å². The van der Waals surface area contributed by atoms with Gasteiger partial charge in [0.2, 0.25) is 0 Å². The second-order valence-corrected chi connectivity index (χ2v) is 15.4. The number of para-hydroxylation sites is 1. The van der Waals surface area contributed by atoms with Crippen molar-refractivity contribution >= 4 is 22.6 Å². The fraction of sp³-hybridized carbons (Fsp3) is 0.167. The summed E-state index contributed by atoms with van der Waals surface area (Å²) in [4.78, 5) is 23.3. The van der Waals surface area contributed by atoms with Crippen molar-refractivity contribution in [3.63, 3.8) is 0 Å². The van der Waals surface area contributed by atoms with Crippen LogP contribution in [0.4, 0.5) is 0 Å². The molecule has 3 aromatic heterocycles. The average molecular weight is 684 g/mol. The molecular weight excluding hydrogens is 647 g/mol. The highest BCUT2D eigenvalue weighted by atomic mass is 14.9. The molecule has 1 N–H and O–H groups in total. The van der Waals surface area contributed by atoms with Crippen LogP contribution in [-0.2, 0) is 18.3 Å². The number of aryl methyl sites for hydroxylation is 1. The van der Waals surface area contributed by atoms with Gasteiger partial charge >= 0.3 is 0 Å². The minimum absolute atomic E-state index is 0.180. The van der Waals surface area contributed by atoms with Crippen LogP contribution in [-0.4, -0.2) is 24.9 Å². The van der Waals surface area contributed by atoms with Crippen LogP contribution >= 0.6 is 0 Å². The number of benzene rings is 4. The van der Waals surface area contributed by atoms with Crippen molar-refractivity contribution in [3.8, 4) is 56.2 Å². The third-order valence-electron chi connectivity index (χ3n) is 12.1. The first-order chi connectivity index (χ1) is 26.0. The zero-order chi connectivity index (χ0) is 35.3. The monoisotopic (exact) mass is 683 g/mol.